The number of para-hydroxylation sites is 1. The molecule has 0 unspecified atom stereocenters. The van der Waals surface area contributed by atoms with Crippen LogP contribution in [0.3, 0.4) is 0 Å². The van der Waals surface area contributed by atoms with Crippen molar-refractivity contribution in [3.63, 3.8) is 0 Å². The van der Waals surface area contributed by atoms with Gasteiger partial charge >= 0.3 is 0 Å². The van der Waals surface area contributed by atoms with E-state index in [-0.39, 0.29) is 29.9 Å². The molecule has 146 valence electrons. The molecule has 0 aliphatic carbocycles. The fraction of sp³-hybridized carbons (Fsp3) is 0.300. The average molecular weight is 482 g/mol. The van der Waals surface area contributed by atoms with E-state index in [0.717, 1.165) is 11.3 Å². The fourth-order valence-electron chi connectivity index (χ4n) is 2.30. The van der Waals surface area contributed by atoms with Crippen LogP contribution >= 0.6 is 24.0 Å². The Kier molecular flexibility index (Phi) is 10.9. The van der Waals surface area contributed by atoms with Crippen molar-refractivity contribution < 1.29 is 9.53 Å². The minimum Gasteiger partial charge on any atom is -0.492 e. The van der Waals surface area contributed by atoms with Crippen molar-refractivity contribution in [1.29, 1.82) is 0 Å². The summed E-state index contributed by atoms with van der Waals surface area (Å²) in [5.74, 6) is 1.50. The fourth-order valence-corrected chi connectivity index (χ4v) is 2.30. The maximum absolute atomic E-state index is 11.7. The first-order valence-corrected chi connectivity index (χ1v) is 8.72. The summed E-state index contributed by atoms with van der Waals surface area (Å²) in [5.41, 5.74) is 1.73. The number of carbonyl (C=O) groups is 1. The second kappa shape index (κ2) is 13.0. The van der Waals surface area contributed by atoms with Crippen LogP contribution in [0.1, 0.15) is 22.8 Å². The molecule has 0 saturated heterocycles. The summed E-state index contributed by atoms with van der Waals surface area (Å²) in [6, 6.07) is 17.2. The number of benzene rings is 2. The predicted octanol–water partition coefficient (Wildman–Crippen LogP) is 2.80. The molecule has 0 radical (unpaired) electrons. The van der Waals surface area contributed by atoms with Gasteiger partial charge in [0.15, 0.2) is 5.96 Å². The minimum atomic E-state index is -0.0529. The molecule has 0 bridgehead atoms. The smallest absolute Gasteiger partial charge is 0.251 e. The number of hydrogen-bond donors (Lipinski definition) is 3. The first-order chi connectivity index (χ1) is 12.7. The van der Waals surface area contributed by atoms with Gasteiger partial charge in [0.05, 0.1) is 6.54 Å². The highest BCUT2D eigenvalue weighted by molar-refractivity contribution is 14.0. The van der Waals surface area contributed by atoms with Crippen molar-refractivity contribution in [3.8, 4) is 5.75 Å². The Labute approximate surface area is 177 Å². The highest BCUT2D eigenvalue weighted by atomic mass is 127. The summed E-state index contributed by atoms with van der Waals surface area (Å²) in [6.45, 7) is 4.34. The van der Waals surface area contributed by atoms with Gasteiger partial charge in [0.25, 0.3) is 5.91 Å². The number of aliphatic imine (C=N–C) groups is 1. The summed E-state index contributed by atoms with van der Waals surface area (Å²) in [6.07, 6.45) is 0. The SMILES string of the molecule is CCNC(=O)c1ccc(CNC(=NC)NCCOc2ccccc2)cc1.I. The van der Waals surface area contributed by atoms with Gasteiger partial charge in [-0.05, 0) is 36.8 Å². The van der Waals surface area contributed by atoms with Crippen LogP contribution in [-0.2, 0) is 6.54 Å². The standard InChI is InChI=1S/C20H26N4O2.HI/c1-3-22-19(25)17-11-9-16(10-12-17)15-24-20(21-2)23-13-14-26-18-7-5-4-6-8-18;/h4-12H,3,13-15H2,1-2H3,(H,22,25)(H2,21,23,24);1H. The largest absolute Gasteiger partial charge is 0.492 e. The second-order valence-corrected chi connectivity index (χ2v) is 5.57. The van der Waals surface area contributed by atoms with E-state index in [1.165, 1.54) is 0 Å². The zero-order valence-corrected chi connectivity index (χ0v) is 18.0. The van der Waals surface area contributed by atoms with Gasteiger partial charge in [-0.1, -0.05) is 30.3 Å². The number of amides is 1. The maximum atomic E-state index is 11.7. The predicted molar refractivity (Wildman–Crippen MR) is 120 cm³/mol. The molecule has 2 rings (SSSR count). The van der Waals surface area contributed by atoms with Gasteiger partial charge in [0.1, 0.15) is 12.4 Å². The number of nitrogens with zero attached hydrogens (tertiary/aromatic N) is 1. The second-order valence-electron chi connectivity index (χ2n) is 5.57. The number of halogens is 1. The van der Waals surface area contributed by atoms with Crippen LogP contribution in [0, 0.1) is 0 Å². The van der Waals surface area contributed by atoms with E-state index in [9.17, 15) is 4.79 Å². The zero-order valence-electron chi connectivity index (χ0n) is 15.7. The Bertz CT molecular complexity index is 706. The van der Waals surface area contributed by atoms with Crippen LogP contribution in [0.15, 0.2) is 59.6 Å². The van der Waals surface area contributed by atoms with E-state index in [4.69, 9.17) is 4.74 Å². The van der Waals surface area contributed by atoms with Gasteiger partial charge < -0.3 is 20.7 Å². The number of hydrogen-bond acceptors (Lipinski definition) is 3. The molecule has 7 heteroatoms. The lowest BCUT2D eigenvalue weighted by atomic mass is 10.1. The third-order valence-electron chi connectivity index (χ3n) is 3.64. The summed E-state index contributed by atoms with van der Waals surface area (Å²) in [7, 11) is 1.73. The lowest BCUT2D eigenvalue weighted by Crippen LogP contribution is -2.38. The number of carbonyl (C=O) groups excluding carboxylic acids is 1. The monoisotopic (exact) mass is 482 g/mol. The van der Waals surface area contributed by atoms with Crippen molar-refractivity contribution >= 4 is 35.8 Å². The molecule has 0 atom stereocenters. The maximum Gasteiger partial charge on any atom is 0.251 e. The van der Waals surface area contributed by atoms with E-state index in [0.29, 0.717) is 37.8 Å². The number of ether oxygens (including phenoxy) is 1. The van der Waals surface area contributed by atoms with E-state index in [1.807, 2.05) is 61.5 Å². The Morgan fingerprint density at radius 1 is 1.00 bits per heavy atom. The Balaban J connectivity index is 0.00000364. The topological polar surface area (TPSA) is 74.8 Å². The lowest BCUT2D eigenvalue weighted by Gasteiger charge is -2.13. The van der Waals surface area contributed by atoms with E-state index >= 15 is 0 Å². The Morgan fingerprint density at radius 2 is 1.70 bits per heavy atom. The molecule has 0 aliphatic rings. The molecule has 2 aromatic rings. The van der Waals surface area contributed by atoms with Crippen LogP contribution in [0.5, 0.6) is 5.75 Å². The Hall–Kier alpha value is -2.29. The third kappa shape index (κ3) is 8.29. The van der Waals surface area contributed by atoms with Crippen LogP contribution < -0.4 is 20.7 Å². The average Bonchev–Trinajstić information content (AvgIpc) is 2.69. The molecule has 27 heavy (non-hydrogen) atoms. The molecular weight excluding hydrogens is 455 g/mol. The summed E-state index contributed by atoms with van der Waals surface area (Å²) < 4.78 is 5.64. The van der Waals surface area contributed by atoms with Gasteiger partial charge in [-0.15, -0.1) is 24.0 Å². The van der Waals surface area contributed by atoms with Crippen LogP contribution in [-0.4, -0.2) is 38.6 Å². The lowest BCUT2D eigenvalue weighted by molar-refractivity contribution is 0.0956. The highest BCUT2D eigenvalue weighted by Crippen LogP contribution is 2.07. The summed E-state index contributed by atoms with van der Waals surface area (Å²) >= 11 is 0. The van der Waals surface area contributed by atoms with Gasteiger partial charge in [0, 0.05) is 25.7 Å². The molecule has 3 N–H and O–H groups in total. The third-order valence-corrected chi connectivity index (χ3v) is 3.64. The first kappa shape index (κ1) is 22.8. The highest BCUT2D eigenvalue weighted by Gasteiger charge is 2.04. The normalized spacial score (nSPS) is 10.5. The van der Waals surface area contributed by atoms with Crippen LogP contribution in [0.2, 0.25) is 0 Å². The number of nitrogens with one attached hydrogen (secondary N) is 3. The van der Waals surface area contributed by atoms with Crippen LogP contribution in [0.4, 0.5) is 0 Å². The zero-order chi connectivity index (χ0) is 18.6. The molecule has 1 amide bonds. The van der Waals surface area contributed by atoms with E-state index in [1.54, 1.807) is 7.05 Å². The minimum absolute atomic E-state index is 0. The Morgan fingerprint density at radius 3 is 2.33 bits per heavy atom. The summed E-state index contributed by atoms with van der Waals surface area (Å²) in [4.78, 5) is 15.9. The van der Waals surface area contributed by atoms with Crippen molar-refractivity contribution in [3.05, 3.63) is 65.7 Å². The molecule has 0 heterocycles. The van der Waals surface area contributed by atoms with E-state index in [2.05, 4.69) is 20.9 Å². The van der Waals surface area contributed by atoms with Crippen molar-refractivity contribution in [2.45, 2.75) is 13.5 Å². The number of rotatable bonds is 8. The molecular formula is C20H27IN4O2. The van der Waals surface area contributed by atoms with Gasteiger partial charge in [0.2, 0.25) is 0 Å². The molecule has 0 fully saturated rings. The van der Waals surface area contributed by atoms with E-state index < -0.39 is 0 Å². The molecule has 0 aromatic heterocycles. The molecule has 0 spiro atoms. The first-order valence-electron chi connectivity index (χ1n) is 8.72. The van der Waals surface area contributed by atoms with Gasteiger partial charge in [-0.25, -0.2) is 0 Å². The molecule has 0 aliphatic heterocycles. The molecule has 0 saturated carbocycles. The number of guanidine groups is 1. The van der Waals surface area contributed by atoms with Gasteiger partial charge in [-0.3, -0.25) is 9.79 Å². The van der Waals surface area contributed by atoms with Crippen LogP contribution in [0.25, 0.3) is 0 Å². The van der Waals surface area contributed by atoms with Gasteiger partial charge in [-0.2, -0.15) is 0 Å². The quantitative estimate of drug-likeness (QED) is 0.234. The molecule has 2 aromatic carbocycles. The van der Waals surface area contributed by atoms with Crippen molar-refractivity contribution in [1.82, 2.24) is 16.0 Å². The summed E-state index contributed by atoms with van der Waals surface area (Å²) in [5, 5.41) is 9.23. The van der Waals surface area contributed by atoms with Crippen molar-refractivity contribution in [2.24, 2.45) is 4.99 Å². The molecule has 6 nitrogen and oxygen atoms in total. The van der Waals surface area contributed by atoms with Crippen molar-refractivity contribution in [2.75, 3.05) is 26.7 Å².